The van der Waals surface area contributed by atoms with Crippen LogP contribution in [0.2, 0.25) is 0 Å². The van der Waals surface area contributed by atoms with Crippen LogP contribution in [0.5, 0.6) is 0 Å². The highest BCUT2D eigenvalue weighted by Crippen LogP contribution is 2.50. The Bertz CT molecular complexity index is 902. The Morgan fingerprint density at radius 1 is 1.06 bits per heavy atom. The molecule has 2 aromatic rings. The molecule has 1 aliphatic rings. The number of alkyl halides is 2. The summed E-state index contributed by atoms with van der Waals surface area (Å²) in [5, 5.41) is 4.68. The zero-order valence-corrected chi connectivity index (χ0v) is 25.5. The molecule has 0 aromatic heterocycles. The minimum Gasteiger partial charge on any atom is -0.368 e. The Morgan fingerprint density at radius 3 is 2.00 bits per heavy atom. The molecular formula is C29H45F2NP2S. The summed E-state index contributed by atoms with van der Waals surface area (Å²) in [5.41, 5.74) is -0.0386. The van der Waals surface area contributed by atoms with E-state index in [-0.39, 0.29) is 17.0 Å². The summed E-state index contributed by atoms with van der Waals surface area (Å²) >= 11 is 5.68. The fourth-order valence-corrected chi connectivity index (χ4v) is 4.93. The van der Waals surface area contributed by atoms with Crippen molar-refractivity contribution in [2.24, 2.45) is 5.41 Å². The molecule has 3 rings (SSSR count). The molecule has 0 radical (unpaired) electrons. The molecule has 0 amide bonds. The summed E-state index contributed by atoms with van der Waals surface area (Å²) in [7, 11) is 4.29. The SMILES string of the molecule is CC.CCCCCC.Cc1cc(C(F)(F)P)ccc1C(=S)NC(c1ccc(P)cc1)C1(C)CCC1. The second kappa shape index (κ2) is 15.3. The Hall–Kier alpha value is -0.950. The molecule has 1 fully saturated rings. The summed E-state index contributed by atoms with van der Waals surface area (Å²) in [5.74, 6) is 0. The molecular weight excluding hydrogens is 494 g/mol. The number of benzene rings is 2. The van der Waals surface area contributed by atoms with Crippen molar-refractivity contribution in [1.82, 2.24) is 5.32 Å². The van der Waals surface area contributed by atoms with Crippen LogP contribution in [0.25, 0.3) is 0 Å². The van der Waals surface area contributed by atoms with Gasteiger partial charge >= 0.3 is 0 Å². The second-order valence-electron chi connectivity index (χ2n) is 9.44. The monoisotopic (exact) mass is 539 g/mol. The van der Waals surface area contributed by atoms with E-state index in [0.29, 0.717) is 4.99 Å². The predicted octanol–water partition coefficient (Wildman–Crippen LogP) is 9.23. The van der Waals surface area contributed by atoms with E-state index < -0.39 is 5.66 Å². The Kier molecular flexibility index (Phi) is 14.1. The number of hydrogen-bond donors (Lipinski definition) is 1. The highest BCUT2D eigenvalue weighted by molar-refractivity contribution is 7.80. The van der Waals surface area contributed by atoms with Crippen LogP contribution >= 0.6 is 30.7 Å². The number of thiocarbonyl (C=S) groups is 1. The van der Waals surface area contributed by atoms with Gasteiger partial charge in [0, 0.05) is 11.1 Å². The molecule has 3 atom stereocenters. The van der Waals surface area contributed by atoms with Crippen LogP contribution in [-0.4, -0.2) is 4.99 Å². The summed E-state index contributed by atoms with van der Waals surface area (Å²) in [6.45, 7) is 12.6. The van der Waals surface area contributed by atoms with Gasteiger partial charge < -0.3 is 5.32 Å². The van der Waals surface area contributed by atoms with Crippen molar-refractivity contribution in [2.45, 2.75) is 98.2 Å². The zero-order valence-electron chi connectivity index (χ0n) is 22.4. The van der Waals surface area contributed by atoms with E-state index in [0.717, 1.165) is 29.3 Å². The smallest absolute Gasteiger partial charge is 0.283 e. The van der Waals surface area contributed by atoms with Crippen molar-refractivity contribution >= 4 is 41.0 Å². The molecule has 1 N–H and O–H groups in total. The van der Waals surface area contributed by atoms with Crippen molar-refractivity contribution in [1.29, 1.82) is 0 Å². The average molecular weight is 540 g/mol. The van der Waals surface area contributed by atoms with Crippen molar-refractivity contribution in [3.63, 3.8) is 0 Å². The van der Waals surface area contributed by atoms with E-state index in [2.05, 4.69) is 59.6 Å². The third-order valence-corrected chi connectivity index (χ3v) is 7.61. The molecule has 0 saturated heterocycles. The van der Waals surface area contributed by atoms with Gasteiger partial charge in [0.1, 0.15) is 4.99 Å². The minimum atomic E-state index is -2.93. The molecule has 1 saturated carbocycles. The third kappa shape index (κ3) is 9.79. The Balaban J connectivity index is 0.000000670. The van der Waals surface area contributed by atoms with Crippen molar-refractivity contribution in [2.75, 3.05) is 0 Å². The predicted molar refractivity (Wildman–Crippen MR) is 161 cm³/mol. The van der Waals surface area contributed by atoms with Crippen LogP contribution in [0.4, 0.5) is 8.78 Å². The van der Waals surface area contributed by atoms with Gasteiger partial charge in [0.15, 0.2) is 0 Å². The number of rotatable bonds is 8. The first-order chi connectivity index (χ1) is 16.5. The fourth-order valence-electron chi connectivity index (χ4n) is 4.21. The lowest BCUT2D eigenvalue weighted by molar-refractivity contribution is 0.104. The van der Waals surface area contributed by atoms with Crippen LogP contribution in [0, 0.1) is 12.3 Å². The standard InChI is InChI=1S/C21H25F2NP2S.C6H14.C2H6/c1-13-12-15(21(22,23)26)6-9-17(13)19(27)24-18(20(2)10-3-11-20)14-4-7-16(25)8-5-14;1-3-5-6-4-2;1-2/h4-9,12,18H,3,10-11,25-26H2,1-2H3,(H,24,27);3-6H2,1-2H3;1-2H3. The maximum atomic E-state index is 13.6. The van der Waals surface area contributed by atoms with Crippen LogP contribution in [-0.2, 0) is 5.66 Å². The van der Waals surface area contributed by atoms with Crippen LogP contribution in [0.15, 0.2) is 42.5 Å². The highest BCUT2D eigenvalue weighted by atomic mass is 32.1. The summed E-state index contributed by atoms with van der Waals surface area (Å²) in [4.78, 5) is 0.610. The lowest BCUT2D eigenvalue weighted by Crippen LogP contribution is -2.43. The Labute approximate surface area is 223 Å². The van der Waals surface area contributed by atoms with E-state index in [1.807, 2.05) is 20.8 Å². The molecule has 35 heavy (non-hydrogen) atoms. The van der Waals surface area contributed by atoms with E-state index in [1.54, 1.807) is 15.3 Å². The van der Waals surface area contributed by atoms with E-state index in [9.17, 15) is 8.78 Å². The van der Waals surface area contributed by atoms with Gasteiger partial charge in [-0.25, -0.2) is 0 Å². The summed E-state index contributed by atoms with van der Waals surface area (Å²) < 4.78 is 27.1. The van der Waals surface area contributed by atoms with Crippen LogP contribution < -0.4 is 10.6 Å². The van der Waals surface area contributed by atoms with Gasteiger partial charge in [-0.05, 0) is 47.7 Å². The first kappa shape index (κ1) is 32.1. The largest absolute Gasteiger partial charge is 0.368 e. The molecule has 0 bridgehead atoms. The van der Waals surface area contributed by atoms with Crippen molar-refractivity contribution in [3.8, 4) is 0 Å². The maximum absolute atomic E-state index is 13.6. The number of nitrogens with one attached hydrogen (secondary N) is 1. The molecule has 196 valence electrons. The molecule has 2 aromatic carbocycles. The topological polar surface area (TPSA) is 12.0 Å². The molecule has 1 aliphatic carbocycles. The number of unbranched alkanes of at least 4 members (excludes halogenated alkanes) is 3. The summed E-state index contributed by atoms with van der Waals surface area (Å²) in [6.07, 6.45) is 9.05. The zero-order chi connectivity index (χ0) is 26.6. The van der Waals surface area contributed by atoms with Gasteiger partial charge in [-0.1, -0.05) is 125 Å². The quantitative estimate of drug-likeness (QED) is 0.204. The second-order valence-corrected chi connectivity index (χ2v) is 11.2. The first-order valence-electron chi connectivity index (χ1n) is 13.0. The van der Waals surface area contributed by atoms with Crippen LogP contribution in [0.3, 0.4) is 0 Å². The number of hydrogen-bond acceptors (Lipinski definition) is 1. The third-order valence-electron chi connectivity index (χ3n) is 6.55. The van der Waals surface area contributed by atoms with Crippen LogP contribution in [0.1, 0.15) is 108 Å². The molecule has 0 heterocycles. The number of halogens is 2. The molecule has 0 spiro atoms. The van der Waals surface area contributed by atoms with Crippen molar-refractivity contribution < 1.29 is 8.78 Å². The van der Waals surface area contributed by atoms with E-state index in [4.69, 9.17) is 12.2 Å². The Morgan fingerprint density at radius 2 is 1.60 bits per heavy atom. The lowest BCUT2D eigenvalue weighted by Gasteiger charge is -2.46. The minimum absolute atomic E-state index is 0.0184. The molecule has 3 unspecified atom stereocenters. The van der Waals surface area contributed by atoms with E-state index in [1.165, 1.54) is 49.8 Å². The highest BCUT2D eigenvalue weighted by Gasteiger charge is 2.41. The van der Waals surface area contributed by atoms with Gasteiger partial charge in [0.25, 0.3) is 5.66 Å². The lowest BCUT2D eigenvalue weighted by atomic mass is 9.64. The van der Waals surface area contributed by atoms with Gasteiger partial charge in [-0.3, -0.25) is 0 Å². The molecule has 1 nitrogen and oxygen atoms in total. The van der Waals surface area contributed by atoms with Gasteiger partial charge in [-0.15, -0.1) is 9.24 Å². The van der Waals surface area contributed by atoms with Gasteiger partial charge in [-0.2, -0.15) is 8.78 Å². The van der Waals surface area contributed by atoms with Gasteiger partial charge in [0.05, 0.1) is 6.04 Å². The van der Waals surface area contributed by atoms with E-state index >= 15 is 0 Å². The molecule has 0 aliphatic heterocycles. The normalized spacial score (nSPS) is 14.9. The number of aryl methyl sites for hydroxylation is 1. The molecule has 6 heteroatoms. The maximum Gasteiger partial charge on any atom is 0.283 e. The first-order valence-corrected chi connectivity index (χ1v) is 14.5. The van der Waals surface area contributed by atoms with Gasteiger partial charge in [0.2, 0.25) is 0 Å². The fraction of sp³-hybridized carbons (Fsp3) is 0.552. The summed E-state index contributed by atoms with van der Waals surface area (Å²) in [6, 6.07) is 13.2. The van der Waals surface area contributed by atoms with Crippen molar-refractivity contribution in [3.05, 3.63) is 64.7 Å². The average Bonchev–Trinajstić information content (AvgIpc) is 2.81.